The molecule has 5 rings (SSSR count). The minimum atomic E-state index is -1.07. The van der Waals surface area contributed by atoms with E-state index in [1.54, 1.807) is 6.20 Å². The highest BCUT2D eigenvalue weighted by molar-refractivity contribution is 5.84. The molecule has 1 amide bonds. The first kappa shape index (κ1) is 25.9. The van der Waals surface area contributed by atoms with Crippen molar-refractivity contribution in [3.63, 3.8) is 0 Å². The van der Waals surface area contributed by atoms with Crippen LogP contribution in [0.15, 0.2) is 79.0 Å². The van der Waals surface area contributed by atoms with Crippen LogP contribution in [0.3, 0.4) is 0 Å². The molecule has 0 saturated heterocycles. The molecule has 0 saturated carbocycles. The number of aliphatic hydroxyl groups excluding tert-OH is 1. The fourth-order valence-corrected chi connectivity index (χ4v) is 4.67. The molecule has 1 unspecified atom stereocenters. The third kappa shape index (κ3) is 5.17. The van der Waals surface area contributed by atoms with Gasteiger partial charge in [0.2, 0.25) is 0 Å². The average Bonchev–Trinajstić information content (AvgIpc) is 3.30. The monoisotopic (exact) mass is 522 g/mol. The van der Waals surface area contributed by atoms with Crippen LogP contribution in [-0.4, -0.2) is 35.8 Å². The number of carboxylic acid groups (broad SMARTS) is 1. The van der Waals surface area contributed by atoms with E-state index < -0.39 is 12.1 Å². The van der Waals surface area contributed by atoms with Crippen LogP contribution in [0.25, 0.3) is 39.5 Å². The van der Waals surface area contributed by atoms with Gasteiger partial charge in [0.15, 0.2) is 11.5 Å². The fraction of sp³-hybridized carbons (Fsp3) is 0.200. The number of nitrogens with zero attached hydrogens (tertiary/aromatic N) is 4. The summed E-state index contributed by atoms with van der Waals surface area (Å²) in [5.74, 6) is 0.948. The largest absolute Gasteiger partial charge is 0.465 e. The van der Waals surface area contributed by atoms with Crippen molar-refractivity contribution < 1.29 is 15.0 Å². The molecule has 0 aliphatic heterocycles. The first-order chi connectivity index (χ1) is 18.7. The van der Waals surface area contributed by atoms with E-state index in [0.717, 1.165) is 28.1 Å². The molecular weight excluding hydrogens is 492 g/mol. The lowest BCUT2D eigenvalue weighted by Gasteiger charge is -2.31. The highest BCUT2D eigenvalue weighted by Gasteiger charge is 2.28. The molecule has 0 aliphatic rings. The Morgan fingerprint density at radius 2 is 1.72 bits per heavy atom. The number of amides is 1. The van der Waals surface area contributed by atoms with E-state index in [2.05, 4.69) is 10.3 Å². The molecule has 0 bridgehead atoms. The SMILES string of the molecule is CC(C)(C)C(NC(=O)O)c1ccc(-n2c(-c3cccnc3N)nc3ccc(-c4ccc(CO)cc4)nc32)cc1. The van der Waals surface area contributed by atoms with Crippen molar-refractivity contribution in [1.29, 1.82) is 0 Å². The number of aromatic nitrogens is 4. The first-order valence-electron chi connectivity index (χ1n) is 12.6. The number of carbonyl (C=O) groups is 1. The number of hydrogen-bond acceptors (Lipinski definition) is 6. The number of rotatable bonds is 6. The summed E-state index contributed by atoms with van der Waals surface area (Å²) in [5, 5.41) is 21.5. The van der Waals surface area contributed by atoms with Crippen molar-refractivity contribution in [2.75, 3.05) is 5.73 Å². The highest BCUT2D eigenvalue weighted by atomic mass is 16.4. The molecule has 2 aromatic carbocycles. The third-order valence-corrected chi connectivity index (χ3v) is 6.63. The Morgan fingerprint density at radius 3 is 2.33 bits per heavy atom. The van der Waals surface area contributed by atoms with Gasteiger partial charge in [-0.15, -0.1) is 0 Å². The second-order valence-corrected chi connectivity index (χ2v) is 10.4. The average molecular weight is 523 g/mol. The molecule has 1 atom stereocenters. The maximum Gasteiger partial charge on any atom is 0.405 e. The number of imidazole rings is 1. The molecule has 0 spiro atoms. The topological polar surface area (TPSA) is 139 Å². The van der Waals surface area contributed by atoms with Crippen LogP contribution < -0.4 is 11.1 Å². The molecule has 3 aromatic heterocycles. The van der Waals surface area contributed by atoms with Crippen LogP contribution in [0, 0.1) is 5.41 Å². The smallest absolute Gasteiger partial charge is 0.405 e. The van der Waals surface area contributed by atoms with Gasteiger partial charge in [0.1, 0.15) is 11.3 Å². The van der Waals surface area contributed by atoms with Crippen LogP contribution in [0.1, 0.15) is 37.9 Å². The fourth-order valence-electron chi connectivity index (χ4n) is 4.67. The Morgan fingerprint density at radius 1 is 1.00 bits per heavy atom. The summed E-state index contributed by atoms with van der Waals surface area (Å²) in [5.41, 5.74) is 12.1. The number of hydrogen-bond donors (Lipinski definition) is 4. The summed E-state index contributed by atoms with van der Waals surface area (Å²) < 4.78 is 1.94. The molecule has 0 radical (unpaired) electrons. The van der Waals surface area contributed by atoms with Crippen LogP contribution in [0.5, 0.6) is 0 Å². The van der Waals surface area contributed by atoms with E-state index in [0.29, 0.717) is 28.4 Å². The lowest BCUT2D eigenvalue weighted by molar-refractivity contribution is 0.175. The number of fused-ring (bicyclic) bond motifs is 1. The number of anilines is 1. The molecule has 3 heterocycles. The minimum Gasteiger partial charge on any atom is -0.465 e. The van der Waals surface area contributed by atoms with E-state index in [9.17, 15) is 15.0 Å². The lowest BCUT2D eigenvalue weighted by atomic mass is 9.82. The van der Waals surface area contributed by atoms with Gasteiger partial charge in [0.05, 0.1) is 23.9 Å². The van der Waals surface area contributed by atoms with Gasteiger partial charge in [-0.2, -0.15) is 0 Å². The molecule has 0 fully saturated rings. The van der Waals surface area contributed by atoms with Crippen molar-refractivity contribution in [2.45, 2.75) is 33.4 Å². The van der Waals surface area contributed by atoms with Gasteiger partial charge < -0.3 is 21.3 Å². The quantitative estimate of drug-likeness (QED) is 0.228. The Kier molecular flexibility index (Phi) is 6.76. The number of nitrogen functional groups attached to an aromatic ring is 1. The van der Waals surface area contributed by atoms with Crippen molar-refractivity contribution in [3.8, 4) is 28.3 Å². The molecule has 9 nitrogen and oxygen atoms in total. The van der Waals surface area contributed by atoms with Gasteiger partial charge in [-0.3, -0.25) is 4.57 Å². The summed E-state index contributed by atoms with van der Waals surface area (Å²) >= 11 is 0. The summed E-state index contributed by atoms with van der Waals surface area (Å²) in [4.78, 5) is 25.6. The zero-order valence-electron chi connectivity index (χ0n) is 22.0. The van der Waals surface area contributed by atoms with Crippen molar-refractivity contribution >= 4 is 23.1 Å². The van der Waals surface area contributed by atoms with Crippen molar-refractivity contribution in [3.05, 3.63) is 90.1 Å². The molecule has 9 heteroatoms. The summed E-state index contributed by atoms with van der Waals surface area (Å²) in [6, 6.07) is 22.4. The Hall–Kier alpha value is -4.76. The van der Waals surface area contributed by atoms with Gasteiger partial charge >= 0.3 is 6.09 Å². The van der Waals surface area contributed by atoms with E-state index in [1.807, 2.05) is 98.1 Å². The molecule has 5 aromatic rings. The van der Waals surface area contributed by atoms with Crippen molar-refractivity contribution in [2.24, 2.45) is 5.41 Å². The number of nitrogens with one attached hydrogen (secondary N) is 1. The zero-order chi connectivity index (χ0) is 27.7. The minimum absolute atomic E-state index is 0.0243. The Balaban J connectivity index is 1.68. The Bertz CT molecular complexity index is 1640. The maximum absolute atomic E-state index is 11.5. The van der Waals surface area contributed by atoms with Crippen LogP contribution in [0.2, 0.25) is 0 Å². The standard InChI is InChI=1S/C30H30N6O3/c1-30(2,3)25(35-29(38)39)20-10-12-21(13-11-20)36-27(22-5-4-16-32-26(22)31)34-24-15-14-23(33-28(24)36)19-8-6-18(17-37)7-9-19/h4-16,25,35,37H,17H2,1-3H3,(H2,31,32)(H,38,39). The second-order valence-electron chi connectivity index (χ2n) is 10.4. The zero-order valence-corrected chi connectivity index (χ0v) is 22.0. The predicted molar refractivity (Wildman–Crippen MR) is 151 cm³/mol. The number of benzene rings is 2. The van der Waals surface area contributed by atoms with Gasteiger partial charge in [-0.1, -0.05) is 57.2 Å². The molecular formula is C30H30N6O3. The second kappa shape index (κ2) is 10.2. The van der Waals surface area contributed by atoms with E-state index in [-0.39, 0.29) is 12.0 Å². The highest BCUT2D eigenvalue weighted by Crippen LogP contribution is 2.35. The van der Waals surface area contributed by atoms with Crippen LogP contribution >= 0.6 is 0 Å². The van der Waals surface area contributed by atoms with Gasteiger partial charge in [-0.05, 0) is 52.9 Å². The van der Waals surface area contributed by atoms with Gasteiger partial charge in [-0.25, -0.2) is 19.7 Å². The summed E-state index contributed by atoms with van der Waals surface area (Å²) in [6.45, 7) is 5.95. The number of nitrogens with two attached hydrogens (primary N) is 1. The first-order valence-corrected chi connectivity index (χ1v) is 12.6. The number of aliphatic hydroxyl groups is 1. The van der Waals surface area contributed by atoms with Gasteiger partial charge in [0.25, 0.3) is 0 Å². The third-order valence-electron chi connectivity index (χ3n) is 6.63. The molecule has 198 valence electrons. The van der Waals surface area contributed by atoms with E-state index >= 15 is 0 Å². The maximum atomic E-state index is 11.5. The van der Waals surface area contributed by atoms with Crippen molar-refractivity contribution in [1.82, 2.24) is 24.8 Å². The van der Waals surface area contributed by atoms with Crippen LogP contribution in [-0.2, 0) is 6.61 Å². The molecule has 39 heavy (non-hydrogen) atoms. The summed E-state index contributed by atoms with van der Waals surface area (Å²) in [7, 11) is 0. The van der Waals surface area contributed by atoms with E-state index in [1.165, 1.54) is 0 Å². The predicted octanol–water partition coefficient (Wildman–Crippen LogP) is 5.58. The molecule has 5 N–H and O–H groups in total. The Labute approximate surface area is 226 Å². The van der Waals surface area contributed by atoms with E-state index in [4.69, 9.17) is 15.7 Å². The summed E-state index contributed by atoms with van der Waals surface area (Å²) in [6.07, 6.45) is 0.562. The molecule has 0 aliphatic carbocycles. The normalized spacial score (nSPS) is 12.4. The van der Waals surface area contributed by atoms with Gasteiger partial charge in [0, 0.05) is 17.4 Å². The number of pyridine rings is 2. The lowest BCUT2D eigenvalue weighted by Crippen LogP contribution is -2.35. The van der Waals surface area contributed by atoms with Crippen LogP contribution in [0.4, 0.5) is 10.6 Å².